The molecule has 1 saturated carbocycles. The van der Waals surface area contributed by atoms with Crippen molar-refractivity contribution in [1.82, 2.24) is 14.7 Å². The van der Waals surface area contributed by atoms with E-state index in [1.165, 1.54) is 4.90 Å². The van der Waals surface area contributed by atoms with Gasteiger partial charge < -0.3 is 9.80 Å². The minimum atomic E-state index is -0.358. The second-order valence-corrected chi connectivity index (χ2v) is 6.69. The molecule has 0 unspecified atom stereocenters. The number of amides is 4. The van der Waals surface area contributed by atoms with Gasteiger partial charge in [-0.1, -0.05) is 12.1 Å². The van der Waals surface area contributed by atoms with E-state index in [4.69, 9.17) is 0 Å². The molecule has 0 atom stereocenters. The van der Waals surface area contributed by atoms with Gasteiger partial charge in [0, 0.05) is 32.1 Å². The monoisotopic (exact) mass is 341 g/mol. The van der Waals surface area contributed by atoms with Crippen molar-refractivity contribution in [2.45, 2.75) is 25.3 Å². The van der Waals surface area contributed by atoms with Crippen molar-refractivity contribution in [2.75, 3.05) is 26.2 Å². The molecule has 2 fully saturated rings. The SMILES string of the molecule is O=C(CCN1C(=O)c2ccccc2C1=O)N1CCN(C2CC2)C(=O)C1. The second kappa shape index (κ2) is 5.98. The van der Waals surface area contributed by atoms with Gasteiger partial charge in [-0.2, -0.15) is 0 Å². The number of hydrogen-bond acceptors (Lipinski definition) is 4. The lowest BCUT2D eigenvalue weighted by atomic mass is 10.1. The third kappa shape index (κ3) is 2.79. The number of imide groups is 1. The Kier molecular flexibility index (Phi) is 3.78. The zero-order valence-electron chi connectivity index (χ0n) is 13.8. The van der Waals surface area contributed by atoms with Crippen molar-refractivity contribution >= 4 is 23.6 Å². The van der Waals surface area contributed by atoms with Crippen LogP contribution in [-0.4, -0.2) is 70.5 Å². The summed E-state index contributed by atoms with van der Waals surface area (Å²) in [4.78, 5) is 53.6. The molecular weight excluding hydrogens is 322 g/mol. The fraction of sp³-hybridized carbons (Fsp3) is 0.444. The van der Waals surface area contributed by atoms with E-state index in [9.17, 15) is 19.2 Å². The van der Waals surface area contributed by atoms with Crippen LogP contribution >= 0.6 is 0 Å². The van der Waals surface area contributed by atoms with E-state index in [-0.39, 0.29) is 43.1 Å². The molecule has 1 aromatic carbocycles. The van der Waals surface area contributed by atoms with E-state index in [1.54, 1.807) is 24.3 Å². The van der Waals surface area contributed by atoms with Crippen LogP contribution < -0.4 is 0 Å². The summed E-state index contributed by atoms with van der Waals surface area (Å²) in [5, 5.41) is 0. The average Bonchev–Trinajstić information content (AvgIpc) is 3.42. The molecule has 4 rings (SSSR count). The van der Waals surface area contributed by atoms with Gasteiger partial charge in [0.05, 0.1) is 17.7 Å². The number of carbonyl (C=O) groups is 4. The predicted molar refractivity (Wildman–Crippen MR) is 87.7 cm³/mol. The summed E-state index contributed by atoms with van der Waals surface area (Å²) >= 11 is 0. The molecule has 0 spiro atoms. The number of benzene rings is 1. The summed E-state index contributed by atoms with van der Waals surface area (Å²) in [5.74, 6) is -0.922. The molecule has 1 saturated heterocycles. The van der Waals surface area contributed by atoms with Gasteiger partial charge in [-0.25, -0.2) is 0 Å². The Balaban J connectivity index is 1.34. The fourth-order valence-electron chi connectivity index (χ4n) is 3.48. The number of rotatable bonds is 4. The van der Waals surface area contributed by atoms with Gasteiger partial charge in [-0.3, -0.25) is 24.1 Å². The molecule has 0 radical (unpaired) electrons. The lowest BCUT2D eigenvalue weighted by molar-refractivity contribution is -0.145. The van der Waals surface area contributed by atoms with Crippen LogP contribution in [0, 0.1) is 0 Å². The summed E-state index contributed by atoms with van der Waals surface area (Å²) in [7, 11) is 0. The third-order valence-corrected chi connectivity index (χ3v) is 5.03. The van der Waals surface area contributed by atoms with Gasteiger partial charge in [0.2, 0.25) is 11.8 Å². The van der Waals surface area contributed by atoms with Crippen molar-refractivity contribution in [3.63, 3.8) is 0 Å². The van der Waals surface area contributed by atoms with Gasteiger partial charge in [0.15, 0.2) is 0 Å². The molecule has 7 nitrogen and oxygen atoms in total. The van der Waals surface area contributed by atoms with Crippen molar-refractivity contribution in [3.8, 4) is 0 Å². The summed E-state index contributed by atoms with van der Waals surface area (Å²) in [6.45, 7) is 1.23. The maximum absolute atomic E-state index is 12.4. The normalized spacial score (nSPS) is 20.3. The van der Waals surface area contributed by atoms with Crippen LogP contribution in [0.4, 0.5) is 0 Å². The molecule has 130 valence electrons. The Morgan fingerprint density at radius 2 is 1.64 bits per heavy atom. The van der Waals surface area contributed by atoms with Crippen LogP contribution in [0.2, 0.25) is 0 Å². The fourth-order valence-corrected chi connectivity index (χ4v) is 3.48. The Morgan fingerprint density at radius 1 is 1.00 bits per heavy atom. The van der Waals surface area contributed by atoms with Gasteiger partial charge in [0.1, 0.15) is 0 Å². The van der Waals surface area contributed by atoms with E-state index in [1.807, 2.05) is 4.90 Å². The van der Waals surface area contributed by atoms with Gasteiger partial charge in [-0.05, 0) is 25.0 Å². The first kappa shape index (κ1) is 15.8. The molecule has 0 bridgehead atoms. The first-order valence-electron chi connectivity index (χ1n) is 8.58. The topological polar surface area (TPSA) is 78.0 Å². The van der Waals surface area contributed by atoms with Gasteiger partial charge in [0.25, 0.3) is 11.8 Å². The Hall–Kier alpha value is -2.70. The first-order chi connectivity index (χ1) is 12.1. The highest BCUT2D eigenvalue weighted by atomic mass is 16.2. The number of hydrogen-bond donors (Lipinski definition) is 0. The molecule has 2 aliphatic heterocycles. The van der Waals surface area contributed by atoms with Crippen molar-refractivity contribution < 1.29 is 19.2 Å². The van der Waals surface area contributed by atoms with Crippen LogP contribution in [0.3, 0.4) is 0 Å². The van der Waals surface area contributed by atoms with Crippen LogP contribution in [0.25, 0.3) is 0 Å². The highest BCUT2D eigenvalue weighted by Crippen LogP contribution is 2.28. The number of piperazine rings is 1. The van der Waals surface area contributed by atoms with E-state index in [0.717, 1.165) is 17.7 Å². The van der Waals surface area contributed by atoms with Crippen molar-refractivity contribution in [3.05, 3.63) is 35.4 Å². The second-order valence-electron chi connectivity index (χ2n) is 6.69. The van der Waals surface area contributed by atoms with E-state index in [2.05, 4.69) is 0 Å². The molecule has 4 amide bonds. The molecule has 25 heavy (non-hydrogen) atoms. The summed E-state index contributed by atoms with van der Waals surface area (Å²) in [6, 6.07) is 7.02. The summed E-state index contributed by atoms with van der Waals surface area (Å²) in [6.07, 6.45) is 2.15. The maximum atomic E-state index is 12.4. The van der Waals surface area contributed by atoms with Crippen LogP contribution in [0.15, 0.2) is 24.3 Å². The summed E-state index contributed by atoms with van der Waals surface area (Å²) < 4.78 is 0. The van der Waals surface area contributed by atoms with Gasteiger partial charge in [-0.15, -0.1) is 0 Å². The minimum Gasteiger partial charge on any atom is -0.336 e. The summed E-state index contributed by atoms with van der Waals surface area (Å²) in [5.41, 5.74) is 0.765. The van der Waals surface area contributed by atoms with Gasteiger partial charge >= 0.3 is 0 Å². The maximum Gasteiger partial charge on any atom is 0.261 e. The van der Waals surface area contributed by atoms with Crippen molar-refractivity contribution in [1.29, 1.82) is 0 Å². The van der Waals surface area contributed by atoms with E-state index in [0.29, 0.717) is 30.3 Å². The van der Waals surface area contributed by atoms with Crippen molar-refractivity contribution in [2.24, 2.45) is 0 Å². The minimum absolute atomic E-state index is 0.0113. The Labute approximate surface area is 145 Å². The molecular formula is C18H19N3O4. The molecule has 1 aromatic rings. The van der Waals surface area contributed by atoms with E-state index >= 15 is 0 Å². The lowest BCUT2D eigenvalue weighted by Crippen LogP contribution is -2.53. The quantitative estimate of drug-likeness (QED) is 0.748. The molecule has 1 aliphatic carbocycles. The average molecular weight is 341 g/mol. The van der Waals surface area contributed by atoms with Crippen LogP contribution in [0.1, 0.15) is 40.0 Å². The largest absolute Gasteiger partial charge is 0.336 e. The van der Waals surface area contributed by atoms with Crippen LogP contribution in [-0.2, 0) is 9.59 Å². The predicted octanol–water partition coefficient (Wildman–Crippen LogP) is 0.506. The number of fused-ring (bicyclic) bond motifs is 1. The van der Waals surface area contributed by atoms with E-state index < -0.39 is 0 Å². The zero-order chi connectivity index (χ0) is 17.6. The number of nitrogens with zero attached hydrogens (tertiary/aromatic N) is 3. The lowest BCUT2D eigenvalue weighted by Gasteiger charge is -2.34. The van der Waals surface area contributed by atoms with Crippen LogP contribution in [0.5, 0.6) is 0 Å². The highest BCUT2D eigenvalue weighted by Gasteiger charge is 2.38. The number of carbonyl (C=O) groups excluding carboxylic acids is 4. The molecule has 7 heteroatoms. The first-order valence-corrected chi connectivity index (χ1v) is 8.58. The molecule has 2 heterocycles. The molecule has 0 N–H and O–H groups in total. The zero-order valence-corrected chi connectivity index (χ0v) is 13.8. The molecule has 3 aliphatic rings. The Morgan fingerprint density at radius 3 is 2.20 bits per heavy atom. The Bertz CT molecular complexity index is 736. The smallest absolute Gasteiger partial charge is 0.261 e. The highest BCUT2D eigenvalue weighted by molar-refractivity contribution is 6.21. The third-order valence-electron chi connectivity index (χ3n) is 5.03. The standard InChI is InChI=1S/C18H19N3O4/c22-15(19-9-10-20(12-5-6-12)16(23)11-19)7-8-21-17(24)13-3-1-2-4-14(13)18(21)25/h1-4,12H,5-11H2. The molecule has 0 aromatic heterocycles.